The third kappa shape index (κ3) is 4.41. The predicted octanol–water partition coefficient (Wildman–Crippen LogP) is 3.06. The van der Waals surface area contributed by atoms with Crippen molar-refractivity contribution >= 4 is 11.6 Å². The number of amides is 1. The Balaban J connectivity index is 1.60. The highest BCUT2D eigenvalue weighted by atomic mass is 19.1. The van der Waals surface area contributed by atoms with Gasteiger partial charge in [0, 0.05) is 17.3 Å². The van der Waals surface area contributed by atoms with Crippen LogP contribution in [0, 0.1) is 12.7 Å². The standard InChI is InChI=1S/C18H17FN4O2/c1-13-5-6-14(9-17(13)19)18(24)22-15-3-2-4-16(10-15)25-8-7-23-12-20-11-21-23/h2-6,9-12H,7-8H2,1H3,(H,22,24). The predicted molar refractivity (Wildman–Crippen MR) is 91.0 cm³/mol. The summed E-state index contributed by atoms with van der Waals surface area (Å²) in [7, 11) is 0. The average molecular weight is 340 g/mol. The first-order valence-electron chi connectivity index (χ1n) is 7.74. The molecule has 25 heavy (non-hydrogen) atoms. The normalized spacial score (nSPS) is 10.5. The van der Waals surface area contributed by atoms with Crippen LogP contribution in [0.1, 0.15) is 15.9 Å². The van der Waals surface area contributed by atoms with Crippen LogP contribution in [-0.4, -0.2) is 27.3 Å². The number of aromatic nitrogens is 3. The van der Waals surface area contributed by atoms with Crippen LogP contribution in [0.15, 0.2) is 55.1 Å². The monoisotopic (exact) mass is 340 g/mol. The van der Waals surface area contributed by atoms with Gasteiger partial charge in [-0.05, 0) is 36.8 Å². The van der Waals surface area contributed by atoms with Crippen molar-refractivity contribution in [3.8, 4) is 5.75 Å². The first-order valence-corrected chi connectivity index (χ1v) is 7.74. The van der Waals surface area contributed by atoms with Crippen molar-refractivity contribution in [2.75, 3.05) is 11.9 Å². The molecule has 7 heteroatoms. The summed E-state index contributed by atoms with van der Waals surface area (Å²) in [4.78, 5) is 16.1. The Hall–Kier alpha value is -3.22. The third-order valence-corrected chi connectivity index (χ3v) is 3.58. The second kappa shape index (κ2) is 7.57. The van der Waals surface area contributed by atoms with Gasteiger partial charge in [0.25, 0.3) is 5.91 Å². The number of carbonyl (C=O) groups excluding carboxylic acids is 1. The molecule has 0 saturated carbocycles. The highest BCUT2D eigenvalue weighted by molar-refractivity contribution is 6.04. The van der Waals surface area contributed by atoms with Crippen LogP contribution >= 0.6 is 0 Å². The molecular formula is C18H17FN4O2. The number of ether oxygens (including phenoxy) is 1. The van der Waals surface area contributed by atoms with Gasteiger partial charge in [0.05, 0.1) is 6.54 Å². The van der Waals surface area contributed by atoms with Crippen molar-refractivity contribution in [1.82, 2.24) is 14.8 Å². The fourth-order valence-corrected chi connectivity index (χ4v) is 2.21. The maximum Gasteiger partial charge on any atom is 0.255 e. The summed E-state index contributed by atoms with van der Waals surface area (Å²) < 4.78 is 20.9. The number of nitrogens with one attached hydrogen (secondary N) is 1. The number of aryl methyl sites for hydroxylation is 1. The summed E-state index contributed by atoms with van der Waals surface area (Å²) in [6, 6.07) is 11.4. The van der Waals surface area contributed by atoms with Crippen LogP contribution in [0.3, 0.4) is 0 Å². The van der Waals surface area contributed by atoms with Crippen molar-refractivity contribution in [1.29, 1.82) is 0 Å². The summed E-state index contributed by atoms with van der Waals surface area (Å²) in [5.41, 5.74) is 1.34. The lowest BCUT2D eigenvalue weighted by atomic mass is 10.1. The summed E-state index contributed by atoms with van der Waals surface area (Å²) in [6.07, 6.45) is 3.07. The summed E-state index contributed by atoms with van der Waals surface area (Å²) in [5, 5.41) is 6.73. The fourth-order valence-electron chi connectivity index (χ4n) is 2.21. The van der Waals surface area contributed by atoms with E-state index in [0.717, 1.165) is 0 Å². The van der Waals surface area contributed by atoms with Gasteiger partial charge >= 0.3 is 0 Å². The molecule has 0 bridgehead atoms. The highest BCUT2D eigenvalue weighted by Crippen LogP contribution is 2.19. The topological polar surface area (TPSA) is 69.0 Å². The molecule has 1 aromatic heterocycles. The van der Waals surface area contributed by atoms with E-state index in [1.165, 1.54) is 12.4 Å². The maximum atomic E-state index is 13.6. The maximum absolute atomic E-state index is 13.6. The lowest BCUT2D eigenvalue weighted by Gasteiger charge is -2.09. The molecule has 0 aliphatic carbocycles. The van der Waals surface area contributed by atoms with E-state index in [4.69, 9.17) is 4.74 Å². The third-order valence-electron chi connectivity index (χ3n) is 3.58. The van der Waals surface area contributed by atoms with E-state index in [-0.39, 0.29) is 11.5 Å². The average Bonchev–Trinajstić information content (AvgIpc) is 3.11. The van der Waals surface area contributed by atoms with Gasteiger partial charge in [-0.2, -0.15) is 5.10 Å². The molecule has 0 aliphatic heterocycles. The molecule has 3 aromatic rings. The van der Waals surface area contributed by atoms with E-state index in [1.54, 1.807) is 54.3 Å². The van der Waals surface area contributed by atoms with Gasteiger partial charge in [-0.3, -0.25) is 4.79 Å². The first kappa shape index (κ1) is 16.6. The molecule has 0 atom stereocenters. The van der Waals surface area contributed by atoms with E-state index in [2.05, 4.69) is 15.4 Å². The molecule has 1 N–H and O–H groups in total. The van der Waals surface area contributed by atoms with E-state index in [0.29, 0.717) is 30.2 Å². The number of halogens is 1. The number of nitrogens with zero attached hydrogens (tertiary/aromatic N) is 3. The van der Waals surface area contributed by atoms with Crippen molar-refractivity contribution in [3.63, 3.8) is 0 Å². The minimum Gasteiger partial charge on any atom is -0.492 e. The molecule has 128 valence electrons. The minimum atomic E-state index is -0.405. The van der Waals surface area contributed by atoms with E-state index < -0.39 is 5.82 Å². The number of hydrogen-bond acceptors (Lipinski definition) is 4. The van der Waals surface area contributed by atoms with Gasteiger partial charge < -0.3 is 10.1 Å². The summed E-state index contributed by atoms with van der Waals surface area (Å²) >= 11 is 0. The second-order valence-corrected chi connectivity index (χ2v) is 5.45. The Labute approximate surface area is 144 Å². The lowest BCUT2D eigenvalue weighted by molar-refractivity contribution is 0.102. The summed E-state index contributed by atoms with van der Waals surface area (Å²) in [6.45, 7) is 2.64. The van der Waals surface area contributed by atoms with Crippen LogP contribution < -0.4 is 10.1 Å². The Bertz CT molecular complexity index is 865. The molecule has 6 nitrogen and oxygen atoms in total. The molecule has 0 fully saturated rings. The Kier molecular flexibility index (Phi) is 5.03. The molecule has 0 saturated heterocycles. The van der Waals surface area contributed by atoms with E-state index in [1.807, 2.05) is 0 Å². The van der Waals surface area contributed by atoms with Gasteiger partial charge in [0.2, 0.25) is 0 Å². The second-order valence-electron chi connectivity index (χ2n) is 5.45. The minimum absolute atomic E-state index is 0.264. The largest absolute Gasteiger partial charge is 0.492 e. The summed E-state index contributed by atoms with van der Waals surface area (Å²) in [5.74, 6) is -0.162. The van der Waals surface area contributed by atoms with Gasteiger partial charge in [0.1, 0.15) is 30.8 Å². The van der Waals surface area contributed by atoms with Gasteiger partial charge in [0.15, 0.2) is 0 Å². The smallest absolute Gasteiger partial charge is 0.255 e. The van der Waals surface area contributed by atoms with Crippen molar-refractivity contribution in [3.05, 3.63) is 72.1 Å². The van der Waals surface area contributed by atoms with Crippen LogP contribution in [0.5, 0.6) is 5.75 Å². The zero-order chi connectivity index (χ0) is 17.6. The molecule has 1 heterocycles. The van der Waals surface area contributed by atoms with Crippen LogP contribution in [-0.2, 0) is 6.54 Å². The number of anilines is 1. The number of rotatable bonds is 6. The van der Waals surface area contributed by atoms with E-state index >= 15 is 0 Å². The number of carbonyl (C=O) groups is 1. The van der Waals surface area contributed by atoms with Crippen molar-refractivity contribution in [2.45, 2.75) is 13.5 Å². The van der Waals surface area contributed by atoms with Gasteiger partial charge in [-0.25, -0.2) is 14.1 Å². The molecular weight excluding hydrogens is 323 g/mol. The highest BCUT2D eigenvalue weighted by Gasteiger charge is 2.09. The molecule has 0 aliphatic rings. The van der Waals surface area contributed by atoms with Crippen molar-refractivity contribution in [2.24, 2.45) is 0 Å². The van der Waals surface area contributed by atoms with Gasteiger partial charge in [-0.1, -0.05) is 12.1 Å². The SMILES string of the molecule is Cc1ccc(C(=O)Nc2cccc(OCCn3cncn3)c2)cc1F. The Morgan fingerprint density at radius 1 is 1.28 bits per heavy atom. The molecule has 0 unspecified atom stereocenters. The lowest BCUT2D eigenvalue weighted by Crippen LogP contribution is -2.12. The number of hydrogen-bond donors (Lipinski definition) is 1. The molecule has 2 aromatic carbocycles. The zero-order valence-corrected chi connectivity index (χ0v) is 13.6. The molecule has 0 radical (unpaired) electrons. The van der Waals surface area contributed by atoms with Crippen molar-refractivity contribution < 1.29 is 13.9 Å². The van der Waals surface area contributed by atoms with Crippen LogP contribution in [0.4, 0.5) is 10.1 Å². The quantitative estimate of drug-likeness (QED) is 0.749. The first-order chi connectivity index (χ1) is 12.1. The molecule has 1 amide bonds. The molecule has 3 rings (SSSR count). The van der Waals surface area contributed by atoms with Crippen LogP contribution in [0.25, 0.3) is 0 Å². The van der Waals surface area contributed by atoms with Gasteiger partial charge in [-0.15, -0.1) is 0 Å². The number of benzene rings is 2. The Morgan fingerprint density at radius 3 is 2.92 bits per heavy atom. The van der Waals surface area contributed by atoms with Crippen LogP contribution in [0.2, 0.25) is 0 Å². The zero-order valence-electron chi connectivity index (χ0n) is 13.6. The fraction of sp³-hybridized carbons (Fsp3) is 0.167. The van der Waals surface area contributed by atoms with E-state index in [9.17, 15) is 9.18 Å². The Morgan fingerprint density at radius 2 is 2.16 bits per heavy atom. The molecule has 0 spiro atoms.